The van der Waals surface area contributed by atoms with Crippen molar-refractivity contribution in [3.05, 3.63) is 72.1 Å². The minimum Gasteiger partial charge on any atom is -0.339 e. The highest BCUT2D eigenvalue weighted by molar-refractivity contribution is 6.10. The first-order valence-electron chi connectivity index (χ1n) is 9.12. The van der Waals surface area contributed by atoms with Gasteiger partial charge in [0.25, 0.3) is 5.91 Å². The van der Waals surface area contributed by atoms with Gasteiger partial charge in [0, 0.05) is 61.9 Å². The van der Waals surface area contributed by atoms with Gasteiger partial charge in [-0.1, -0.05) is 30.8 Å². The van der Waals surface area contributed by atoms with Crippen molar-refractivity contribution >= 4 is 17.5 Å². The second kappa shape index (κ2) is 7.32. The molecule has 2 aromatic rings. The maximum atomic E-state index is 12.7. The number of carbonyl (C=O) groups excluding carboxylic acids is 2. The van der Waals surface area contributed by atoms with Crippen LogP contribution in [0.25, 0.3) is 5.70 Å². The third-order valence-electron chi connectivity index (χ3n) is 5.19. The van der Waals surface area contributed by atoms with E-state index in [1.807, 2.05) is 35.4 Å². The number of amides is 2. The molecule has 0 saturated carbocycles. The standard InChI is InChI=1S/C21H22N4O2/c1-16-18-6-2-3-7-19(18)21(27)25(16)15-20(26)24-11-9-23(10-12-24)14-17-5-4-8-22-13-17/h2-8,13H,1,9-12,14-15H2. The van der Waals surface area contributed by atoms with Crippen LogP contribution in [0, 0.1) is 0 Å². The first-order valence-corrected chi connectivity index (χ1v) is 9.12. The number of hydrogen-bond donors (Lipinski definition) is 0. The van der Waals surface area contributed by atoms with Crippen LogP contribution in [0.2, 0.25) is 0 Å². The molecule has 0 unspecified atom stereocenters. The van der Waals surface area contributed by atoms with Gasteiger partial charge in [0.1, 0.15) is 6.54 Å². The van der Waals surface area contributed by atoms with Crippen molar-refractivity contribution in [1.29, 1.82) is 0 Å². The summed E-state index contributed by atoms with van der Waals surface area (Å²) in [6, 6.07) is 11.4. The molecule has 3 heterocycles. The van der Waals surface area contributed by atoms with Crippen molar-refractivity contribution in [2.45, 2.75) is 6.54 Å². The molecule has 2 amide bonds. The maximum absolute atomic E-state index is 12.7. The van der Waals surface area contributed by atoms with Crippen LogP contribution in [0.1, 0.15) is 21.5 Å². The van der Waals surface area contributed by atoms with Crippen molar-refractivity contribution in [1.82, 2.24) is 19.7 Å². The van der Waals surface area contributed by atoms with Crippen LogP contribution in [0.5, 0.6) is 0 Å². The molecule has 27 heavy (non-hydrogen) atoms. The third-order valence-corrected chi connectivity index (χ3v) is 5.19. The molecule has 0 N–H and O–H groups in total. The van der Waals surface area contributed by atoms with Gasteiger partial charge >= 0.3 is 0 Å². The molecular formula is C21H22N4O2. The summed E-state index contributed by atoms with van der Waals surface area (Å²) in [5.41, 5.74) is 3.22. The highest BCUT2D eigenvalue weighted by atomic mass is 16.2. The van der Waals surface area contributed by atoms with Gasteiger partial charge in [-0.05, 0) is 17.7 Å². The molecule has 0 aliphatic carbocycles. The minimum absolute atomic E-state index is 0.0293. The largest absolute Gasteiger partial charge is 0.339 e. The second-order valence-electron chi connectivity index (χ2n) is 6.90. The predicted molar refractivity (Wildman–Crippen MR) is 103 cm³/mol. The van der Waals surface area contributed by atoms with Crippen LogP contribution in [0.15, 0.2) is 55.4 Å². The summed E-state index contributed by atoms with van der Waals surface area (Å²) in [6.07, 6.45) is 3.64. The summed E-state index contributed by atoms with van der Waals surface area (Å²) in [6.45, 7) is 7.86. The average molecular weight is 362 g/mol. The van der Waals surface area contributed by atoms with E-state index in [1.54, 1.807) is 12.3 Å². The van der Waals surface area contributed by atoms with Gasteiger partial charge in [-0.25, -0.2) is 0 Å². The number of benzene rings is 1. The highest BCUT2D eigenvalue weighted by Crippen LogP contribution is 2.30. The van der Waals surface area contributed by atoms with E-state index in [9.17, 15) is 9.59 Å². The molecule has 4 rings (SSSR count). The first kappa shape index (κ1) is 17.4. The minimum atomic E-state index is -0.140. The Kier molecular flexibility index (Phi) is 4.73. The molecular weight excluding hydrogens is 340 g/mol. The van der Waals surface area contributed by atoms with E-state index < -0.39 is 0 Å². The first-order chi connectivity index (χ1) is 13.1. The molecule has 0 bridgehead atoms. The molecule has 0 spiro atoms. The number of rotatable bonds is 4. The zero-order valence-electron chi connectivity index (χ0n) is 15.2. The third kappa shape index (κ3) is 3.48. The van der Waals surface area contributed by atoms with Crippen LogP contribution < -0.4 is 0 Å². The SMILES string of the molecule is C=C1c2ccccc2C(=O)N1CC(=O)N1CCN(Cc2cccnc2)CC1. The van der Waals surface area contributed by atoms with Gasteiger partial charge in [-0.2, -0.15) is 0 Å². The Morgan fingerprint density at radius 2 is 1.78 bits per heavy atom. The second-order valence-corrected chi connectivity index (χ2v) is 6.90. The monoisotopic (exact) mass is 362 g/mol. The molecule has 1 aromatic carbocycles. The number of aromatic nitrogens is 1. The van der Waals surface area contributed by atoms with Crippen molar-refractivity contribution in [3.8, 4) is 0 Å². The molecule has 6 heteroatoms. The van der Waals surface area contributed by atoms with Gasteiger partial charge in [0.2, 0.25) is 5.91 Å². The molecule has 0 atom stereocenters. The number of piperazine rings is 1. The number of pyridine rings is 1. The quantitative estimate of drug-likeness (QED) is 0.833. The molecule has 2 aliphatic heterocycles. The molecule has 0 radical (unpaired) electrons. The lowest BCUT2D eigenvalue weighted by Crippen LogP contribution is -2.50. The Bertz CT molecular complexity index is 838. The van der Waals surface area contributed by atoms with Crippen LogP contribution >= 0.6 is 0 Å². The molecule has 1 saturated heterocycles. The molecule has 2 aliphatic rings. The van der Waals surface area contributed by atoms with E-state index in [4.69, 9.17) is 0 Å². The summed E-state index contributed by atoms with van der Waals surface area (Å²) in [7, 11) is 0. The number of carbonyl (C=O) groups is 2. The smallest absolute Gasteiger partial charge is 0.259 e. The molecule has 138 valence electrons. The fraction of sp³-hybridized carbons (Fsp3) is 0.286. The molecule has 6 nitrogen and oxygen atoms in total. The zero-order chi connectivity index (χ0) is 18.8. The van der Waals surface area contributed by atoms with Crippen LogP contribution in [0.3, 0.4) is 0 Å². The molecule has 1 fully saturated rings. The topological polar surface area (TPSA) is 56.8 Å². The van der Waals surface area contributed by atoms with E-state index in [1.165, 1.54) is 10.5 Å². The molecule has 1 aromatic heterocycles. The summed E-state index contributed by atoms with van der Waals surface area (Å²) in [4.78, 5) is 35.1. The fourth-order valence-corrected chi connectivity index (χ4v) is 3.64. The number of fused-ring (bicyclic) bond motifs is 1. The van der Waals surface area contributed by atoms with E-state index in [-0.39, 0.29) is 18.4 Å². The fourth-order valence-electron chi connectivity index (χ4n) is 3.64. The lowest BCUT2D eigenvalue weighted by Gasteiger charge is -2.35. The lowest BCUT2D eigenvalue weighted by atomic mass is 10.1. The summed E-state index contributed by atoms with van der Waals surface area (Å²) in [5.74, 6) is -0.169. The Balaban J connectivity index is 1.33. The van der Waals surface area contributed by atoms with Crippen molar-refractivity contribution in [2.24, 2.45) is 0 Å². The van der Waals surface area contributed by atoms with E-state index in [2.05, 4.69) is 22.5 Å². The summed E-state index contributed by atoms with van der Waals surface area (Å²) < 4.78 is 0. The number of nitrogens with zero attached hydrogens (tertiary/aromatic N) is 4. The Morgan fingerprint density at radius 1 is 1.04 bits per heavy atom. The van der Waals surface area contributed by atoms with Gasteiger partial charge in [-0.15, -0.1) is 0 Å². The lowest BCUT2D eigenvalue weighted by molar-refractivity contribution is -0.133. The summed E-state index contributed by atoms with van der Waals surface area (Å²) >= 11 is 0. The number of hydrogen-bond acceptors (Lipinski definition) is 4. The Labute approximate surface area is 158 Å². The predicted octanol–water partition coefficient (Wildman–Crippen LogP) is 1.85. The van der Waals surface area contributed by atoms with E-state index in [0.717, 1.165) is 25.2 Å². The van der Waals surface area contributed by atoms with Crippen LogP contribution in [-0.2, 0) is 11.3 Å². The van der Waals surface area contributed by atoms with Crippen molar-refractivity contribution in [3.63, 3.8) is 0 Å². The average Bonchev–Trinajstić information content (AvgIpc) is 2.94. The zero-order valence-corrected chi connectivity index (χ0v) is 15.2. The van der Waals surface area contributed by atoms with Crippen LogP contribution in [-0.4, -0.2) is 64.2 Å². The van der Waals surface area contributed by atoms with Gasteiger partial charge in [0.05, 0.1) is 0 Å². The van der Waals surface area contributed by atoms with Crippen molar-refractivity contribution < 1.29 is 9.59 Å². The van der Waals surface area contributed by atoms with Crippen LogP contribution in [0.4, 0.5) is 0 Å². The summed E-state index contributed by atoms with van der Waals surface area (Å²) in [5, 5.41) is 0. The van der Waals surface area contributed by atoms with Crippen molar-refractivity contribution in [2.75, 3.05) is 32.7 Å². The van der Waals surface area contributed by atoms with Gasteiger partial charge < -0.3 is 4.90 Å². The van der Waals surface area contributed by atoms with Gasteiger partial charge in [0.15, 0.2) is 0 Å². The highest BCUT2D eigenvalue weighted by Gasteiger charge is 2.33. The maximum Gasteiger partial charge on any atom is 0.259 e. The van der Waals surface area contributed by atoms with Gasteiger partial charge in [-0.3, -0.25) is 24.4 Å². The van der Waals surface area contributed by atoms with E-state index in [0.29, 0.717) is 24.4 Å². The normalized spacial score (nSPS) is 17.3. The Hall–Kier alpha value is -2.99. The Morgan fingerprint density at radius 3 is 2.44 bits per heavy atom. The van der Waals surface area contributed by atoms with E-state index >= 15 is 0 Å².